The van der Waals surface area contributed by atoms with Crippen molar-refractivity contribution in [3.63, 3.8) is 0 Å². The maximum absolute atomic E-state index is 11.7. The van der Waals surface area contributed by atoms with Crippen LogP contribution in [0.5, 0.6) is 0 Å². The van der Waals surface area contributed by atoms with Gasteiger partial charge in [-0.2, -0.15) is 0 Å². The van der Waals surface area contributed by atoms with Crippen molar-refractivity contribution in [2.45, 2.75) is 13.3 Å². The summed E-state index contributed by atoms with van der Waals surface area (Å²) in [6.07, 6.45) is 3.79. The third-order valence-electron chi connectivity index (χ3n) is 2.78. The fraction of sp³-hybridized carbons (Fsp3) is 0.308. The number of nitrogens with one attached hydrogen (secondary N) is 1. The van der Waals surface area contributed by atoms with Gasteiger partial charge >= 0.3 is 5.97 Å². The Morgan fingerprint density at radius 3 is 2.95 bits per heavy atom. The molecule has 0 bridgehead atoms. The van der Waals surface area contributed by atoms with Crippen LogP contribution in [-0.4, -0.2) is 32.9 Å². The molecule has 0 aromatic carbocycles. The third-order valence-corrected chi connectivity index (χ3v) is 2.78. The van der Waals surface area contributed by atoms with E-state index in [9.17, 15) is 9.59 Å². The van der Waals surface area contributed by atoms with E-state index in [1.807, 2.05) is 28.8 Å². The molecule has 0 saturated heterocycles. The van der Waals surface area contributed by atoms with Crippen LogP contribution in [0.25, 0.3) is 5.65 Å². The second-order valence-corrected chi connectivity index (χ2v) is 4.42. The number of fused-ring (bicyclic) bond motifs is 1. The lowest BCUT2D eigenvalue weighted by molar-refractivity contribution is -0.141. The predicted molar refractivity (Wildman–Crippen MR) is 68.7 cm³/mol. The summed E-state index contributed by atoms with van der Waals surface area (Å²) in [7, 11) is 0. The van der Waals surface area contributed by atoms with Crippen molar-refractivity contribution in [3.8, 4) is 0 Å². The molecule has 6 heteroatoms. The van der Waals surface area contributed by atoms with Gasteiger partial charge in [-0.1, -0.05) is 13.0 Å². The van der Waals surface area contributed by atoms with Crippen LogP contribution in [0, 0.1) is 5.92 Å². The molecule has 0 aliphatic rings. The minimum absolute atomic E-state index is 0.127. The van der Waals surface area contributed by atoms with E-state index in [0.717, 1.165) is 5.65 Å². The summed E-state index contributed by atoms with van der Waals surface area (Å²) in [4.78, 5) is 26.6. The van der Waals surface area contributed by atoms with Crippen molar-refractivity contribution in [1.82, 2.24) is 14.7 Å². The van der Waals surface area contributed by atoms with Gasteiger partial charge < -0.3 is 14.8 Å². The third kappa shape index (κ3) is 3.31. The first kappa shape index (κ1) is 13.1. The molecule has 1 unspecified atom stereocenters. The molecule has 0 aliphatic heterocycles. The molecule has 2 N–H and O–H groups in total. The number of imidazole rings is 1. The van der Waals surface area contributed by atoms with Crippen LogP contribution >= 0.6 is 0 Å². The number of nitrogens with zero attached hydrogens (tertiary/aromatic N) is 2. The van der Waals surface area contributed by atoms with E-state index in [1.165, 1.54) is 0 Å². The quantitative estimate of drug-likeness (QED) is 0.830. The first-order chi connectivity index (χ1) is 9.06. The van der Waals surface area contributed by atoms with Gasteiger partial charge in [-0.25, -0.2) is 4.98 Å². The average Bonchev–Trinajstić information content (AvgIpc) is 2.77. The molecule has 2 heterocycles. The van der Waals surface area contributed by atoms with Gasteiger partial charge in [-0.3, -0.25) is 9.59 Å². The Morgan fingerprint density at radius 1 is 1.47 bits per heavy atom. The smallest absolute Gasteiger partial charge is 0.308 e. The van der Waals surface area contributed by atoms with Crippen molar-refractivity contribution in [3.05, 3.63) is 36.3 Å². The molecule has 2 rings (SSSR count). The molecular weight excluding hydrogens is 246 g/mol. The standard InChI is InChI=1S/C13H15N3O3/c1-9(13(18)19)7-14-12(17)6-10-8-16-5-3-2-4-11(16)15-10/h2-5,8-9H,6-7H2,1H3,(H,14,17)(H,18,19). The Morgan fingerprint density at radius 2 is 2.26 bits per heavy atom. The van der Waals surface area contributed by atoms with Gasteiger partial charge in [0.15, 0.2) is 0 Å². The second kappa shape index (κ2) is 5.51. The van der Waals surface area contributed by atoms with Crippen LogP contribution in [0.4, 0.5) is 0 Å². The zero-order valence-electron chi connectivity index (χ0n) is 10.5. The van der Waals surface area contributed by atoms with E-state index < -0.39 is 11.9 Å². The van der Waals surface area contributed by atoms with Crippen LogP contribution in [0.3, 0.4) is 0 Å². The highest BCUT2D eigenvalue weighted by Gasteiger charge is 2.13. The monoisotopic (exact) mass is 261 g/mol. The Bertz CT molecular complexity index is 573. The Labute approximate surface area is 110 Å². The number of hydrogen-bond acceptors (Lipinski definition) is 3. The number of carboxylic acid groups (broad SMARTS) is 1. The molecule has 0 fully saturated rings. The fourth-order valence-corrected chi connectivity index (χ4v) is 1.65. The molecule has 1 atom stereocenters. The minimum Gasteiger partial charge on any atom is -0.481 e. The summed E-state index contributed by atoms with van der Waals surface area (Å²) in [6.45, 7) is 1.68. The van der Waals surface area contributed by atoms with Gasteiger partial charge in [0.05, 0.1) is 18.0 Å². The van der Waals surface area contributed by atoms with Gasteiger partial charge in [0.2, 0.25) is 5.91 Å². The number of hydrogen-bond donors (Lipinski definition) is 2. The number of rotatable bonds is 5. The molecule has 1 amide bonds. The van der Waals surface area contributed by atoms with E-state index >= 15 is 0 Å². The van der Waals surface area contributed by atoms with Gasteiger partial charge in [-0.15, -0.1) is 0 Å². The Hall–Kier alpha value is -2.37. The van der Waals surface area contributed by atoms with Crippen LogP contribution < -0.4 is 5.32 Å². The van der Waals surface area contributed by atoms with Gasteiger partial charge in [-0.05, 0) is 12.1 Å². The molecule has 2 aromatic heterocycles. The van der Waals surface area contributed by atoms with E-state index in [2.05, 4.69) is 10.3 Å². The largest absolute Gasteiger partial charge is 0.481 e. The number of amides is 1. The molecule has 0 radical (unpaired) electrons. The van der Waals surface area contributed by atoms with Crippen molar-refractivity contribution in [2.75, 3.05) is 6.54 Å². The number of pyridine rings is 1. The number of aliphatic carboxylic acids is 1. The van der Waals surface area contributed by atoms with Crippen molar-refractivity contribution in [2.24, 2.45) is 5.92 Å². The fourth-order valence-electron chi connectivity index (χ4n) is 1.65. The highest BCUT2D eigenvalue weighted by molar-refractivity contribution is 5.79. The normalized spacial score (nSPS) is 12.3. The topological polar surface area (TPSA) is 83.7 Å². The highest BCUT2D eigenvalue weighted by Crippen LogP contribution is 2.05. The zero-order valence-corrected chi connectivity index (χ0v) is 10.5. The number of carboxylic acids is 1. The molecule has 0 spiro atoms. The SMILES string of the molecule is CC(CNC(=O)Cc1cn2ccccc2n1)C(=O)O. The maximum Gasteiger partial charge on any atom is 0.308 e. The van der Waals surface area contributed by atoms with E-state index in [-0.39, 0.29) is 18.9 Å². The zero-order chi connectivity index (χ0) is 13.8. The van der Waals surface area contributed by atoms with E-state index in [0.29, 0.717) is 5.69 Å². The van der Waals surface area contributed by atoms with E-state index in [1.54, 1.807) is 13.1 Å². The Kier molecular flexibility index (Phi) is 3.79. The number of carbonyl (C=O) groups excluding carboxylic acids is 1. The Balaban J connectivity index is 1.93. The number of carbonyl (C=O) groups is 2. The summed E-state index contributed by atoms with van der Waals surface area (Å²) in [5, 5.41) is 11.3. The van der Waals surface area contributed by atoms with Gasteiger partial charge in [0.1, 0.15) is 5.65 Å². The summed E-state index contributed by atoms with van der Waals surface area (Å²) in [5.74, 6) is -1.74. The summed E-state index contributed by atoms with van der Waals surface area (Å²) in [5.41, 5.74) is 1.44. The minimum atomic E-state index is -0.923. The lowest BCUT2D eigenvalue weighted by Crippen LogP contribution is -2.32. The molecule has 6 nitrogen and oxygen atoms in total. The molecule has 0 aliphatic carbocycles. The summed E-state index contributed by atoms with van der Waals surface area (Å²) in [6, 6.07) is 5.61. The lowest BCUT2D eigenvalue weighted by atomic mass is 10.2. The van der Waals surface area contributed by atoms with Gasteiger partial charge in [0, 0.05) is 18.9 Å². The summed E-state index contributed by atoms with van der Waals surface area (Å²) < 4.78 is 1.84. The van der Waals surface area contributed by atoms with Gasteiger partial charge in [0.25, 0.3) is 0 Å². The van der Waals surface area contributed by atoms with Crippen LogP contribution in [0.15, 0.2) is 30.6 Å². The first-order valence-electron chi connectivity index (χ1n) is 5.98. The van der Waals surface area contributed by atoms with E-state index in [4.69, 9.17) is 5.11 Å². The summed E-state index contributed by atoms with van der Waals surface area (Å²) >= 11 is 0. The molecule has 19 heavy (non-hydrogen) atoms. The first-order valence-corrected chi connectivity index (χ1v) is 5.98. The molecule has 2 aromatic rings. The number of aromatic nitrogens is 2. The average molecular weight is 261 g/mol. The molecule has 100 valence electrons. The van der Waals surface area contributed by atoms with Crippen LogP contribution in [0.2, 0.25) is 0 Å². The van der Waals surface area contributed by atoms with Crippen molar-refractivity contribution < 1.29 is 14.7 Å². The van der Waals surface area contributed by atoms with Crippen LogP contribution in [0.1, 0.15) is 12.6 Å². The lowest BCUT2D eigenvalue weighted by Gasteiger charge is -2.07. The highest BCUT2D eigenvalue weighted by atomic mass is 16.4. The second-order valence-electron chi connectivity index (χ2n) is 4.42. The predicted octanol–water partition coefficient (Wildman–Crippen LogP) is 0.714. The van der Waals surface area contributed by atoms with Crippen molar-refractivity contribution in [1.29, 1.82) is 0 Å². The van der Waals surface area contributed by atoms with Crippen LogP contribution in [-0.2, 0) is 16.0 Å². The maximum atomic E-state index is 11.7. The van der Waals surface area contributed by atoms with Crippen molar-refractivity contribution >= 4 is 17.5 Å². The molecule has 0 saturated carbocycles. The molecular formula is C13H15N3O3.